The topological polar surface area (TPSA) is 39.7 Å². The van der Waals surface area contributed by atoms with E-state index in [4.69, 9.17) is 37.4 Å². The van der Waals surface area contributed by atoms with Crippen LogP contribution in [0.4, 0.5) is 0 Å². The van der Waals surface area contributed by atoms with Gasteiger partial charge < -0.3 is 19.5 Å². The summed E-state index contributed by atoms with van der Waals surface area (Å²) in [6.45, 7) is 8.25. The summed E-state index contributed by atoms with van der Waals surface area (Å²) in [5.74, 6) is 1.48. The van der Waals surface area contributed by atoms with Crippen LogP contribution < -0.4 is 14.8 Å². The molecule has 0 unspecified atom stereocenters. The Morgan fingerprint density at radius 1 is 0.931 bits per heavy atom. The lowest BCUT2D eigenvalue weighted by Crippen LogP contribution is -2.17. The highest BCUT2D eigenvalue weighted by atomic mass is 35.5. The number of hydrogen-bond acceptors (Lipinski definition) is 4. The second-order valence-electron chi connectivity index (χ2n) is 6.70. The zero-order valence-electron chi connectivity index (χ0n) is 17.3. The van der Waals surface area contributed by atoms with Crippen molar-refractivity contribution in [2.45, 2.75) is 46.3 Å². The van der Waals surface area contributed by atoms with Crippen molar-refractivity contribution in [1.29, 1.82) is 0 Å². The second-order valence-corrected chi connectivity index (χ2v) is 7.54. The highest BCUT2D eigenvalue weighted by molar-refractivity contribution is 6.35. The first-order valence-electron chi connectivity index (χ1n) is 10.3. The smallest absolute Gasteiger partial charge is 0.166 e. The molecule has 0 amide bonds. The Balaban J connectivity index is 1.94. The molecule has 0 aromatic heterocycles. The van der Waals surface area contributed by atoms with E-state index in [1.54, 1.807) is 6.07 Å². The zero-order chi connectivity index (χ0) is 20.9. The minimum absolute atomic E-state index is 0.346. The maximum atomic E-state index is 6.28. The summed E-state index contributed by atoms with van der Waals surface area (Å²) >= 11 is 12.3. The van der Waals surface area contributed by atoms with Crippen LogP contribution in [0, 0.1) is 0 Å². The number of hydrogen-bond donors (Lipinski definition) is 1. The highest BCUT2D eigenvalue weighted by Crippen LogP contribution is 2.33. The molecule has 2 aromatic rings. The molecule has 0 spiro atoms. The number of ether oxygens (including phenoxy) is 3. The van der Waals surface area contributed by atoms with E-state index in [2.05, 4.69) is 12.2 Å². The van der Waals surface area contributed by atoms with Crippen LogP contribution in [-0.2, 0) is 17.9 Å². The van der Waals surface area contributed by atoms with Crippen molar-refractivity contribution in [3.63, 3.8) is 0 Å². The van der Waals surface area contributed by atoms with Crippen molar-refractivity contribution in [3.05, 3.63) is 57.6 Å². The molecular formula is C23H31Cl2NO3. The Kier molecular flexibility index (Phi) is 11.3. The SMILES string of the molecule is CCCCOCCCNCc1cccc(OCC)c1OCc1ccc(Cl)cc1Cl. The first-order chi connectivity index (χ1) is 14.2. The van der Waals surface area contributed by atoms with Crippen LogP contribution in [-0.4, -0.2) is 26.4 Å². The summed E-state index contributed by atoms with van der Waals surface area (Å²) in [6, 6.07) is 11.4. The molecule has 0 bridgehead atoms. The minimum atomic E-state index is 0.346. The van der Waals surface area contributed by atoms with Gasteiger partial charge in [-0.2, -0.15) is 0 Å². The van der Waals surface area contributed by atoms with Gasteiger partial charge in [0.2, 0.25) is 0 Å². The zero-order valence-corrected chi connectivity index (χ0v) is 18.8. The van der Waals surface area contributed by atoms with E-state index >= 15 is 0 Å². The fourth-order valence-electron chi connectivity index (χ4n) is 2.79. The third-order valence-electron chi connectivity index (χ3n) is 4.35. The quantitative estimate of drug-likeness (QED) is 0.352. The van der Waals surface area contributed by atoms with Crippen molar-refractivity contribution in [2.75, 3.05) is 26.4 Å². The summed E-state index contributed by atoms with van der Waals surface area (Å²) in [4.78, 5) is 0. The van der Waals surface area contributed by atoms with Gasteiger partial charge in [0.1, 0.15) is 6.61 Å². The molecule has 0 saturated carbocycles. The molecule has 0 fully saturated rings. The van der Waals surface area contributed by atoms with Crippen molar-refractivity contribution in [2.24, 2.45) is 0 Å². The average molecular weight is 440 g/mol. The van der Waals surface area contributed by atoms with Gasteiger partial charge in [0.15, 0.2) is 11.5 Å². The Labute approximate surface area is 184 Å². The van der Waals surface area contributed by atoms with Crippen molar-refractivity contribution in [3.8, 4) is 11.5 Å². The molecule has 0 atom stereocenters. The fraction of sp³-hybridized carbons (Fsp3) is 0.478. The van der Waals surface area contributed by atoms with Crippen LogP contribution in [0.1, 0.15) is 44.2 Å². The maximum Gasteiger partial charge on any atom is 0.166 e. The molecule has 4 nitrogen and oxygen atoms in total. The van der Waals surface area contributed by atoms with Crippen LogP contribution in [0.5, 0.6) is 11.5 Å². The van der Waals surface area contributed by atoms with Crippen LogP contribution >= 0.6 is 23.2 Å². The van der Waals surface area contributed by atoms with Gasteiger partial charge in [-0.1, -0.05) is 54.7 Å². The van der Waals surface area contributed by atoms with Gasteiger partial charge in [-0.15, -0.1) is 0 Å². The summed E-state index contributed by atoms with van der Waals surface area (Å²) in [5, 5.41) is 4.66. The molecule has 0 aliphatic rings. The second kappa shape index (κ2) is 13.7. The number of benzene rings is 2. The normalized spacial score (nSPS) is 10.9. The molecule has 0 aliphatic carbocycles. The molecular weight excluding hydrogens is 409 g/mol. The van der Waals surface area contributed by atoms with Crippen molar-refractivity contribution < 1.29 is 14.2 Å². The Morgan fingerprint density at radius 3 is 2.52 bits per heavy atom. The lowest BCUT2D eigenvalue weighted by molar-refractivity contribution is 0.128. The number of nitrogens with one attached hydrogen (secondary N) is 1. The molecule has 1 N–H and O–H groups in total. The summed E-state index contributed by atoms with van der Waals surface area (Å²) < 4.78 is 17.5. The number of rotatable bonds is 14. The van der Waals surface area contributed by atoms with Crippen LogP contribution in [0.3, 0.4) is 0 Å². The van der Waals surface area contributed by atoms with E-state index in [9.17, 15) is 0 Å². The molecule has 0 radical (unpaired) electrons. The Hall–Kier alpha value is -1.46. The Bertz CT molecular complexity index is 740. The first kappa shape index (κ1) is 23.8. The molecule has 0 heterocycles. The largest absolute Gasteiger partial charge is 0.490 e. The van der Waals surface area contributed by atoms with Crippen LogP contribution in [0.2, 0.25) is 10.0 Å². The van der Waals surface area contributed by atoms with E-state index in [-0.39, 0.29) is 0 Å². The van der Waals surface area contributed by atoms with Gasteiger partial charge in [0, 0.05) is 40.9 Å². The number of unbranched alkanes of at least 4 members (excludes halogenated alkanes) is 1. The summed E-state index contributed by atoms with van der Waals surface area (Å²) in [6.07, 6.45) is 3.26. The average Bonchev–Trinajstić information content (AvgIpc) is 2.70. The Morgan fingerprint density at radius 2 is 1.76 bits per heavy atom. The number of halogens is 2. The monoisotopic (exact) mass is 439 g/mol. The van der Waals surface area contributed by atoms with Crippen molar-refractivity contribution >= 4 is 23.2 Å². The molecule has 2 aromatic carbocycles. The van der Waals surface area contributed by atoms with Gasteiger partial charge in [-0.25, -0.2) is 0 Å². The van der Waals surface area contributed by atoms with Crippen molar-refractivity contribution in [1.82, 2.24) is 5.32 Å². The lowest BCUT2D eigenvalue weighted by Gasteiger charge is -2.17. The van der Waals surface area contributed by atoms with Gasteiger partial charge in [-0.05, 0) is 44.5 Å². The molecule has 0 aliphatic heterocycles. The van der Waals surface area contributed by atoms with E-state index < -0.39 is 0 Å². The highest BCUT2D eigenvalue weighted by Gasteiger charge is 2.12. The summed E-state index contributed by atoms with van der Waals surface area (Å²) in [5.41, 5.74) is 1.93. The van der Waals surface area contributed by atoms with Crippen LogP contribution in [0.15, 0.2) is 36.4 Å². The molecule has 2 rings (SSSR count). The third-order valence-corrected chi connectivity index (χ3v) is 4.93. The predicted octanol–water partition coefficient (Wildman–Crippen LogP) is 6.27. The minimum Gasteiger partial charge on any atom is -0.490 e. The first-order valence-corrected chi connectivity index (χ1v) is 11.0. The lowest BCUT2D eigenvalue weighted by atomic mass is 10.1. The maximum absolute atomic E-state index is 6.28. The van der Waals surface area contributed by atoms with Gasteiger partial charge in [-0.3, -0.25) is 0 Å². The van der Waals surface area contributed by atoms with E-state index in [0.717, 1.165) is 55.2 Å². The molecule has 29 heavy (non-hydrogen) atoms. The van der Waals surface area contributed by atoms with Gasteiger partial charge >= 0.3 is 0 Å². The van der Waals surface area contributed by atoms with E-state index in [1.807, 2.05) is 37.3 Å². The fourth-order valence-corrected chi connectivity index (χ4v) is 3.26. The standard InChI is InChI=1S/C23H31Cl2NO3/c1-3-5-13-27-14-7-12-26-16-18-8-6-9-22(28-4-2)23(18)29-17-19-10-11-20(24)15-21(19)25/h6,8-11,15,26H,3-5,7,12-14,16-17H2,1-2H3. The number of para-hydroxylation sites is 1. The molecule has 6 heteroatoms. The van der Waals surface area contributed by atoms with Crippen LogP contribution in [0.25, 0.3) is 0 Å². The van der Waals surface area contributed by atoms with E-state index in [1.165, 1.54) is 6.42 Å². The predicted molar refractivity (Wildman–Crippen MR) is 120 cm³/mol. The van der Waals surface area contributed by atoms with Gasteiger partial charge in [0.25, 0.3) is 0 Å². The van der Waals surface area contributed by atoms with Gasteiger partial charge in [0.05, 0.1) is 6.61 Å². The molecule has 0 saturated heterocycles. The summed E-state index contributed by atoms with van der Waals surface area (Å²) in [7, 11) is 0. The van der Waals surface area contributed by atoms with E-state index in [0.29, 0.717) is 29.8 Å². The molecule has 160 valence electrons. The third kappa shape index (κ3) is 8.43.